The Morgan fingerprint density at radius 2 is 1.76 bits per heavy atom. The number of aliphatic hydroxyl groups is 1. The van der Waals surface area contributed by atoms with Crippen molar-refractivity contribution in [3.05, 3.63) is 23.8 Å². The fourth-order valence-electron chi connectivity index (χ4n) is 8.61. The molecule has 0 unspecified atom stereocenters. The molecule has 3 saturated carbocycles. The van der Waals surface area contributed by atoms with E-state index >= 15 is 4.39 Å². The predicted octanol–water partition coefficient (Wildman–Crippen LogP) is 4.42. The van der Waals surface area contributed by atoms with Gasteiger partial charge >= 0.3 is 6.16 Å². The maximum Gasteiger partial charge on any atom is 0.414 e. The lowest BCUT2D eigenvalue weighted by Crippen LogP contribution is -2.72. The largest absolute Gasteiger partial charge is 0.414 e. The molecular weight excluding hydrogens is 479 g/mol. The molecule has 0 bridgehead atoms. The highest BCUT2D eigenvalue weighted by atomic mass is 19.1. The predicted molar refractivity (Wildman–Crippen MR) is 133 cm³/mol. The number of ether oxygens (including phenoxy) is 4. The fourth-order valence-corrected chi connectivity index (χ4v) is 8.61. The monoisotopic (exact) mass is 520 g/mol. The second kappa shape index (κ2) is 8.52. The Labute approximate surface area is 218 Å². The third-order valence-electron chi connectivity index (χ3n) is 10.0. The highest BCUT2D eigenvalue weighted by Gasteiger charge is 2.78. The van der Waals surface area contributed by atoms with Crippen molar-refractivity contribution in [3.8, 4) is 0 Å². The number of fused-ring (bicyclic) bond motifs is 6. The van der Waals surface area contributed by atoms with E-state index in [9.17, 15) is 14.7 Å². The number of carbonyl (C=O) groups excluding carboxylic acids is 2. The van der Waals surface area contributed by atoms with E-state index in [-0.39, 0.29) is 48.6 Å². The first-order valence-electron chi connectivity index (χ1n) is 13.7. The first-order valence-corrected chi connectivity index (χ1v) is 13.7. The van der Waals surface area contributed by atoms with Crippen LogP contribution in [0.15, 0.2) is 23.8 Å². The van der Waals surface area contributed by atoms with E-state index in [0.29, 0.717) is 19.3 Å². The van der Waals surface area contributed by atoms with Crippen molar-refractivity contribution in [1.29, 1.82) is 0 Å². The second-order valence-electron chi connectivity index (χ2n) is 12.8. The van der Waals surface area contributed by atoms with Gasteiger partial charge in [0.25, 0.3) is 0 Å². The summed E-state index contributed by atoms with van der Waals surface area (Å²) in [6, 6.07) is 0. The zero-order chi connectivity index (χ0) is 27.2. The summed E-state index contributed by atoms with van der Waals surface area (Å²) in [5.41, 5.74) is -4.59. The van der Waals surface area contributed by atoms with Crippen LogP contribution in [0.3, 0.4) is 0 Å². The molecule has 7 nitrogen and oxygen atoms in total. The van der Waals surface area contributed by atoms with Gasteiger partial charge in [-0.2, -0.15) is 0 Å². The molecule has 37 heavy (non-hydrogen) atoms. The summed E-state index contributed by atoms with van der Waals surface area (Å²) in [5.74, 6) is -1.42. The molecule has 1 heterocycles. The third-order valence-corrected chi connectivity index (χ3v) is 10.0. The Morgan fingerprint density at radius 3 is 2.38 bits per heavy atom. The summed E-state index contributed by atoms with van der Waals surface area (Å²) in [7, 11) is 0. The molecule has 0 aromatic carbocycles. The number of hydrogen-bond donors (Lipinski definition) is 1. The number of alkyl halides is 1. The number of aliphatic hydroxyl groups excluding tert-OH is 1. The summed E-state index contributed by atoms with van der Waals surface area (Å²) in [6.07, 6.45) is 2.36. The van der Waals surface area contributed by atoms with Crippen molar-refractivity contribution in [2.75, 3.05) is 6.61 Å². The van der Waals surface area contributed by atoms with Crippen LogP contribution in [0.2, 0.25) is 0 Å². The molecule has 1 spiro atoms. The maximum absolute atomic E-state index is 17.5. The van der Waals surface area contributed by atoms with Crippen LogP contribution in [-0.4, -0.2) is 59.0 Å². The molecular formula is C29H41FO7. The maximum atomic E-state index is 17.5. The Kier molecular flexibility index (Phi) is 6.25. The van der Waals surface area contributed by atoms with Crippen LogP contribution in [0.25, 0.3) is 0 Å². The molecule has 8 heteroatoms. The van der Waals surface area contributed by atoms with Crippen molar-refractivity contribution in [1.82, 2.24) is 0 Å². The summed E-state index contributed by atoms with van der Waals surface area (Å²) >= 11 is 0. The third kappa shape index (κ3) is 3.48. The number of Topliss-reactive ketones (excluding diaryl/α,β-unsaturated/α-hetero) is 1. The van der Waals surface area contributed by atoms with E-state index < -0.39 is 40.3 Å². The molecule has 0 radical (unpaired) electrons. The lowest BCUT2D eigenvalue weighted by Gasteiger charge is -2.63. The van der Waals surface area contributed by atoms with Crippen LogP contribution >= 0.6 is 0 Å². The zero-order valence-electron chi connectivity index (χ0n) is 23.0. The molecule has 4 aliphatic carbocycles. The average molecular weight is 521 g/mol. The Balaban J connectivity index is 1.60. The quantitative estimate of drug-likeness (QED) is 0.549. The molecule has 8 atom stereocenters. The molecule has 4 fully saturated rings. The number of allylic oxidation sites excluding steroid dienone is 4. The van der Waals surface area contributed by atoms with E-state index in [1.807, 2.05) is 41.5 Å². The number of carbonyl (C=O) groups is 2. The number of ketones is 2. The van der Waals surface area contributed by atoms with Crippen LogP contribution in [0.4, 0.5) is 4.39 Å². The molecule has 5 rings (SSSR count). The Bertz CT molecular complexity index is 1040. The minimum Gasteiger partial charge on any atom is -0.390 e. The van der Waals surface area contributed by atoms with Gasteiger partial charge in [0.05, 0.1) is 18.3 Å². The van der Waals surface area contributed by atoms with Gasteiger partial charge in [-0.05, 0) is 84.3 Å². The van der Waals surface area contributed by atoms with Gasteiger partial charge in [-0.25, -0.2) is 4.39 Å². The van der Waals surface area contributed by atoms with Crippen LogP contribution < -0.4 is 0 Å². The molecule has 5 aliphatic rings. The number of rotatable bonds is 4. The lowest BCUT2D eigenvalue weighted by molar-refractivity contribution is -0.544. The van der Waals surface area contributed by atoms with E-state index in [1.165, 1.54) is 12.2 Å². The SMILES string of the molecule is CC(C)OC1(OC(C)C)OCC(=O)[C@@]2(O1)[C@H](C)C[C@H]1[C@@H]3CCC4=CC(=O)C=C[C@]4(C)[C@@]3(F)[C@@H](O)C[C@@]12C. The minimum absolute atomic E-state index is 0.0326. The topological polar surface area (TPSA) is 91.3 Å². The van der Waals surface area contributed by atoms with Gasteiger partial charge in [0.15, 0.2) is 17.2 Å². The molecule has 0 aromatic rings. The first kappa shape index (κ1) is 27.1. The average Bonchev–Trinajstić information content (AvgIpc) is 2.99. The number of halogens is 1. The number of hydrogen-bond acceptors (Lipinski definition) is 7. The summed E-state index contributed by atoms with van der Waals surface area (Å²) in [6.45, 7) is 12.8. The minimum atomic E-state index is -1.97. The second-order valence-corrected chi connectivity index (χ2v) is 12.8. The molecule has 1 aliphatic heterocycles. The van der Waals surface area contributed by atoms with E-state index in [0.717, 1.165) is 5.57 Å². The summed E-state index contributed by atoms with van der Waals surface area (Å²) < 4.78 is 42.0. The molecule has 0 aromatic heterocycles. The van der Waals surface area contributed by atoms with Crippen LogP contribution in [-0.2, 0) is 28.5 Å². The summed E-state index contributed by atoms with van der Waals surface area (Å²) in [4.78, 5) is 25.9. The van der Waals surface area contributed by atoms with E-state index in [4.69, 9.17) is 18.9 Å². The van der Waals surface area contributed by atoms with Crippen molar-refractivity contribution >= 4 is 11.6 Å². The van der Waals surface area contributed by atoms with Gasteiger partial charge in [0, 0.05) is 16.7 Å². The normalized spacial score (nSPS) is 46.7. The van der Waals surface area contributed by atoms with Crippen LogP contribution in [0.5, 0.6) is 0 Å². The highest BCUT2D eigenvalue weighted by molar-refractivity contribution is 6.01. The molecule has 1 N–H and O–H groups in total. The highest BCUT2D eigenvalue weighted by Crippen LogP contribution is 2.72. The van der Waals surface area contributed by atoms with Crippen molar-refractivity contribution < 1.29 is 38.0 Å². The van der Waals surface area contributed by atoms with Gasteiger partial charge in [-0.3, -0.25) is 19.1 Å². The Morgan fingerprint density at radius 1 is 1.11 bits per heavy atom. The van der Waals surface area contributed by atoms with Gasteiger partial charge in [0.1, 0.15) is 12.2 Å². The van der Waals surface area contributed by atoms with Crippen molar-refractivity contribution in [3.63, 3.8) is 0 Å². The van der Waals surface area contributed by atoms with Crippen LogP contribution in [0, 0.1) is 28.6 Å². The van der Waals surface area contributed by atoms with Crippen molar-refractivity contribution in [2.24, 2.45) is 28.6 Å². The van der Waals surface area contributed by atoms with Gasteiger partial charge in [-0.15, -0.1) is 0 Å². The van der Waals surface area contributed by atoms with Crippen molar-refractivity contribution in [2.45, 2.75) is 110 Å². The smallest absolute Gasteiger partial charge is 0.390 e. The van der Waals surface area contributed by atoms with E-state index in [2.05, 4.69) is 0 Å². The van der Waals surface area contributed by atoms with E-state index in [1.54, 1.807) is 13.0 Å². The van der Waals surface area contributed by atoms with Gasteiger partial charge in [-0.1, -0.05) is 25.5 Å². The molecule has 0 amide bonds. The fraction of sp³-hybridized carbons (Fsp3) is 0.793. The van der Waals surface area contributed by atoms with Crippen LogP contribution in [0.1, 0.15) is 74.1 Å². The molecule has 1 saturated heterocycles. The first-order chi connectivity index (χ1) is 17.1. The van der Waals surface area contributed by atoms with Gasteiger partial charge in [0.2, 0.25) is 0 Å². The van der Waals surface area contributed by atoms with Gasteiger partial charge < -0.3 is 14.6 Å². The zero-order valence-corrected chi connectivity index (χ0v) is 23.0. The lowest BCUT2D eigenvalue weighted by atomic mass is 9.44. The summed E-state index contributed by atoms with van der Waals surface area (Å²) in [5, 5.41) is 11.7. The molecule has 206 valence electrons. The Hall–Kier alpha value is -1.45. The standard InChI is InChI=1S/C29H41FO7/c1-16(2)35-29(36-17(3)4)34-15-24(33)28(37-29)18(5)12-22-21-9-8-19-13-20(31)10-11-25(19,6)27(21,30)23(32)14-26(22,28)7/h10-11,13,16-18,21-23,32H,8-9,12,14-15H2,1-7H3/t18-,21+,22+,23+,25+,26+,27+,28+/m1/s1.